The first-order valence-electron chi connectivity index (χ1n) is 10.1. The number of rotatable bonds is 4. The molecule has 4 rings (SSSR count). The summed E-state index contributed by atoms with van der Waals surface area (Å²) in [6, 6.07) is 6.83. The molecule has 3 heterocycles. The van der Waals surface area contributed by atoms with Gasteiger partial charge in [0.15, 0.2) is 0 Å². The minimum absolute atomic E-state index is 0.111. The molecule has 9 heteroatoms. The van der Waals surface area contributed by atoms with Crippen molar-refractivity contribution in [3.05, 3.63) is 40.2 Å². The summed E-state index contributed by atoms with van der Waals surface area (Å²) in [5.74, 6) is 0.215. The number of H-pyrrole nitrogens is 1. The fraction of sp³-hybridized carbons (Fsp3) is 0.429. The minimum atomic E-state index is -0.914. The van der Waals surface area contributed by atoms with Crippen LogP contribution in [0.3, 0.4) is 0 Å². The maximum absolute atomic E-state index is 12.9. The molecule has 1 fully saturated rings. The normalized spacial score (nSPS) is 19.1. The molecule has 30 heavy (non-hydrogen) atoms. The Morgan fingerprint density at radius 1 is 1.20 bits per heavy atom. The Morgan fingerprint density at radius 2 is 1.90 bits per heavy atom. The van der Waals surface area contributed by atoms with Crippen molar-refractivity contribution in [2.75, 3.05) is 35.7 Å². The highest BCUT2D eigenvalue weighted by Gasteiger charge is 2.35. The molecule has 3 N–H and O–H groups in total. The zero-order chi connectivity index (χ0) is 21.3. The summed E-state index contributed by atoms with van der Waals surface area (Å²) in [7, 11) is 1.56. The summed E-state index contributed by atoms with van der Waals surface area (Å²) >= 11 is 0. The van der Waals surface area contributed by atoms with Crippen molar-refractivity contribution < 1.29 is 14.3 Å². The second-order valence-electron chi connectivity index (χ2n) is 7.84. The van der Waals surface area contributed by atoms with E-state index in [0.717, 1.165) is 25.9 Å². The van der Waals surface area contributed by atoms with E-state index in [-0.39, 0.29) is 23.7 Å². The van der Waals surface area contributed by atoms with Crippen LogP contribution in [0.15, 0.2) is 29.1 Å². The summed E-state index contributed by atoms with van der Waals surface area (Å²) < 4.78 is 5.11. The van der Waals surface area contributed by atoms with Crippen molar-refractivity contribution in [1.82, 2.24) is 9.97 Å². The van der Waals surface area contributed by atoms with Gasteiger partial charge in [0.05, 0.1) is 18.6 Å². The van der Waals surface area contributed by atoms with Crippen LogP contribution in [0.5, 0.6) is 5.75 Å². The fourth-order valence-electron chi connectivity index (χ4n) is 3.86. The average molecular weight is 411 g/mol. The van der Waals surface area contributed by atoms with Gasteiger partial charge in [0.2, 0.25) is 17.8 Å². The van der Waals surface area contributed by atoms with E-state index in [0.29, 0.717) is 23.3 Å². The third-order valence-corrected chi connectivity index (χ3v) is 5.70. The summed E-state index contributed by atoms with van der Waals surface area (Å²) in [6.07, 6.45) is 1.92. The number of carbonyl (C=O) groups is 2. The molecule has 1 atom stereocenters. The number of benzene rings is 1. The molecule has 2 aliphatic heterocycles. The number of anilines is 3. The van der Waals surface area contributed by atoms with Gasteiger partial charge in [-0.15, -0.1) is 0 Å². The number of aromatic nitrogens is 2. The molecule has 2 aromatic rings. The molecule has 0 unspecified atom stereocenters. The Morgan fingerprint density at radius 3 is 2.57 bits per heavy atom. The van der Waals surface area contributed by atoms with Crippen LogP contribution >= 0.6 is 0 Å². The van der Waals surface area contributed by atoms with Gasteiger partial charge in [-0.25, -0.2) is 0 Å². The molecular weight excluding hydrogens is 386 g/mol. The predicted octanol–water partition coefficient (Wildman–Crippen LogP) is 2.08. The first-order valence-corrected chi connectivity index (χ1v) is 10.1. The Hall–Kier alpha value is -3.36. The number of methoxy groups -OCH3 is 1. The number of nitrogens with one attached hydrogen (secondary N) is 3. The van der Waals surface area contributed by atoms with E-state index in [1.165, 1.54) is 0 Å². The molecule has 9 nitrogen and oxygen atoms in total. The molecule has 0 radical (unpaired) electrons. The zero-order valence-electron chi connectivity index (χ0n) is 17.0. The van der Waals surface area contributed by atoms with Gasteiger partial charge in [0, 0.05) is 25.2 Å². The highest BCUT2D eigenvalue weighted by atomic mass is 16.5. The summed E-state index contributed by atoms with van der Waals surface area (Å²) in [5.41, 5.74) is 0.343. The van der Waals surface area contributed by atoms with E-state index in [1.54, 1.807) is 31.4 Å². The summed E-state index contributed by atoms with van der Waals surface area (Å²) in [4.78, 5) is 47.3. The number of piperidine rings is 1. The molecule has 0 bridgehead atoms. The average Bonchev–Trinajstić information content (AvgIpc) is 2.73. The highest BCUT2D eigenvalue weighted by molar-refractivity contribution is 6.04. The minimum Gasteiger partial charge on any atom is -0.497 e. The Labute approximate surface area is 173 Å². The van der Waals surface area contributed by atoms with Gasteiger partial charge in [-0.2, -0.15) is 4.98 Å². The second-order valence-corrected chi connectivity index (χ2v) is 7.84. The monoisotopic (exact) mass is 411 g/mol. The van der Waals surface area contributed by atoms with E-state index in [1.807, 2.05) is 4.90 Å². The molecule has 1 aromatic heterocycles. The molecule has 0 aliphatic carbocycles. The zero-order valence-corrected chi connectivity index (χ0v) is 17.0. The van der Waals surface area contributed by atoms with Crippen LogP contribution in [-0.4, -0.2) is 42.0 Å². The quantitative estimate of drug-likeness (QED) is 0.709. The second kappa shape index (κ2) is 8.17. The number of hydrogen-bond acceptors (Lipinski definition) is 6. The smallest absolute Gasteiger partial charge is 0.258 e. The van der Waals surface area contributed by atoms with Crippen LogP contribution in [0, 0.1) is 5.92 Å². The van der Waals surface area contributed by atoms with Crippen molar-refractivity contribution in [3.63, 3.8) is 0 Å². The highest BCUT2D eigenvalue weighted by Crippen LogP contribution is 2.31. The van der Waals surface area contributed by atoms with Gasteiger partial charge in [-0.1, -0.05) is 6.92 Å². The van der Waals surface area contributed by atoms with E-state index in [2.05, 4.69) is 27.5 Å². The third kappa shape index (κ3) is 4.00. The molecule has 2 amide bonds. The van der Waals surface area contributed by atoms with Crippen molar-refractivity contribution >= 4 is 29.3 Å². The van der Waals surface area contributed by atoms with Gasteiger partial charge >= 0.3 is 0 Å². The lowest BCUT2D eigenvalue weighted by molar-refractivity contribution is -0.123. The Kier molecular flexibility index (Phi) is 5.43. The maximum atomic E-state index is 12.9. The van der Waals surface area contributed by atoms with Gasteiger partial charge < -0.3 is 20.3 Å². The molecule has 0 saturated carbocycles. The lowest BCUT2D eigenvalue weighted by Crippen LogP contribution is -2.39. The number of carbonyl (C=O) groups excluding carboxylic acids is 2. The summed E-state index contributed by atoms with van der Waals surface area (Å²) in [6.45, 7) is 3.78. The SMILES string of the molecule is COc1ccc(NC(=O)[C@H]2CC(=O)Nc3nc(N4CCC(C)CC4)[nH]c(=O)c32)cc1. The van der Waals surface area contributed by atoms with Crippen LogP contribution in [0.25, 0.3) is 0 Å². The number of nitrogens with zero attached hydrogens (tertiary/aromatic N) is 2. The van der Waals surface area contributed by atoms with Crippen molar-refractivity contribution in [2.24, 2.45) is 5.92 Å². The van der Waals surface area contributed by atoms with Gasteiger partial charge in [-0.3, -0.25) is 19.4 Å². The Bertz CT molecular complexity index is 1010. The van der Waals surface area contributed by atoms with E-state index < -0.39 is 17.4 Å². The van der Waals surface area contributed by atoms with Gasteiger partial charge in [0.1, 0.15) is 11.6 Å². The molecule has 2 aliphatic rings. The molecule has 0 spiro atoms. The lowest BCUT2D eigenvalue weighted by atomic mass is 9.92. The van der Waals surface area contributed by atoms with Crippen molar-refractivity contribution in [1.29, 1.82) is 0 Å². The van der Waals surface area contributed by atoms with Crippen molar-refractivity contribution in [2.45, 2.75) is 32.1 Å². The topological polar surface area (TPSA) is 116 Å². The molecule has 158 valence electrons. The van der Waals surface area contributed by atoms with E-state index in [4.69, 9.17) is 4.74 Å². The lowest BCUT2D eigenvalue weighted by Gasteiger charge is -2.31. The van der Waals surface area contributed by atoms with Crippen LogP contribution in [0.1, 0.15) is 37.7 Å². The first-order chi connectivity index (χ1) is 14.4. The number of aromatic amines is 1. The molecular formula is C21H25N5O4. The predicted molar refractivity (Wildman–Crippen MR) is 113 cm³/mol. The number of fused-ring (bicyclic) bond motifs is 1. The van der Waals surface area contributed by atoms with E-state index in [9.17, 15) is 14.4 Å². The van der Waals surface area contributed by atoms with Crippen LogP contribution in [0.4, 0.5) is 17.5 Å². The van der Waals surface area contributed by atoms with E-state index >= 15 is 0 Å². The fourth-order valence-corrected chi connectivity index (χ4v) is 3.86. The number of amides is 2. The van der Waals surface area contributed by atoms with Gasteiger partial charge in [-0.05, 0) is 43.0 Å². The van der Waals surface area contributed by atoms with Crippen LogP contribution < -0.4 is 25.8 Å². The summed E-state index contributed by atoms with van der Waals surface area (Å²) in [5, 5.41) is 5.43. The largest absolute Gasteiger partial charge is 0.497 e. The number of hydrogen-bond donors (Lipinski definition) is 3. The molecule has 1 aromatic carbocycles. The molecule has 1 saturated heterocycles. The first kappa shape index (κ1) is 19.9. The maximum Gasteiger partial charge on any atom is 0.258 e. The van der Waals surface area contributed by atoms with Gasteiger partial charge in [0.25, 0.3) is 5.56 Å². The number of ether oxygens (including phenoxy) is 1. The third-order valence-electron chi connectivity index (χ3n) is 5.70. The Balaban J connectivity index is 1.60. The van der Waals surface area contributed by atoms with Crippen molar-refractivity contribution in [3.8, 4) is 5.75 Å². The van der Waals surface area contributed by atoms with Crippen LogP contribution in [0.2, 0.25) is 0 Å². The van der Waals surface area contributed by atoms with Crippen LogP contribution in [-0.2, 0) is 9.59 Å². The standard InChI is InChI=1S/C21H25N5O4/c1-12-7-9-26(10-8-12)21-24-18-17(20(29)25-21)15(11-16(27)23-18)19(28)22-13-3-5-14(30-2)6-4-13/h3-6,12,15H,7-11H2,1-2H3,(H,22,28)(H2,23,24,25,27,29)/t15-/m0/s1.